The SMILES string of the molecule is COc1c(O)ccc2c1-c1ccc3c(c1/C(=C/c1sccc1C(N)=O)O2)C(C)=CC(C)(C)N3. The molecule has 1 amide bonds. The molecule has 0 spiro atoms. The summed E-state index contributed by atoms with van der Waals surface area (Å²) in [4.78, 5) is 12.7. The van der Waals surface area contributed by atoms with Gasteiger partial charge in [0.2, 0.25) is 5.91 Å². The van der Waals surface area contributed by atoms with Crippen LogP contribution in [0.1, 0.15) is 47.1 Å². The Morgan fingerprint density at radius 3 is 2.70 bits per heavy atom. The van der Waals surface area contributed by atoms with Gasteiger partial charge in [-0.2, -0.15) is 0 Å². The van der Waals surface area contributed by atoms with E-state index in [4.69, 9.17) is 15.2 Å². The molecule has 2 aliphatic heterocycles. The van der Waals surface area contributed by atoms with Crippen molar-refractivity contribution < 1.29 is 19.4 Å². The Labute approximate surface area is 196 Å². The summed E-state index contributed by atoms with van der Waals surface area (Å²) in [6.45, 7) is 6.31. The molecule has 7 heteroatoms. The van der Waals surface area contributed by atoms with E-state index in [2.05, 4.69) is 32.2 Å². The second-order valence-electron chi connectivity index (χ2n) is 8.75. The van der Waals surface area contributed by atoms with Crippen molar-refractivity contribution in [2.45, 2.75) is 26.3 Å². The van der Waals surface area contributed by atoms with Gasteiger partial charge in [-0.25, -0.2) is 0 Å². The van der Waals surface area contributed by atoms with Gasteiger partial charge in [0.15, 0.2) is 11.5 Å². The van der Waals surface area contributed by atoms with Gasteiger partial charge in [0.25, 0.3) is 0 Å². The van der Waals surface area contributed by atoms with Crippen molar-refractivity contribution in [1.29, 1.82) is 0 Å². The van der Waals surface area contributed by atoms with Crippen LogP contribution < -0.4 is 20.5 Å². The van der Waals surface area contributed by atoms with Gasteiger partial charge in [-0.15, -0.1) is 11.3 Å². The number of hydrogen-bond donors (Lipinski definition) is 3. The predicted molar refractivity (Wildman–Crippen MR) is 133 cm³/mol. The van der Waals surface area contributed by atoms with E-state index >= 15 is 0 Å². The lowest BCUT2D eigenvalue weighted by Crippen LogP contribution is -2.32. The largest absolute Gasteiger partial charge is 0.504 e. The van der Waals surface area contributed by atoms with Crippen molar-refractivity contribution in [2.75, 3.05) is 12.4 Å². The third-order valence-electron chi connectivity index (χ3n) is 5.90. The molecule has 33 heavy (non-hydrogen) atoms. The smallest absolute Gasteiger partial charge is 0.250 e. The molecule has 0 saturated carbocycles. The summed E-state index contributed by atoms with van der Waals surface area (Å²) in [6, 6.07) is 9.04. The molecule has 4 N–H and O–H groups in total. The number of phenolic OH excluding ortho intramolecular Hbond substituents is 1. The molecule has 0 atom stereocenters. The fourth-order valence-corrected chi connectivity index (χ4v) is 5.53. The molecule has 6 nitrogen and oxygen atoms in total. The molecule has 168 valence electrons. The number of hydrogen-bond acceptors (Lipinski definition) is 6. The molecule has 0 fully saturated rings. The van der Waals surface area contributed by atoms with Gasteiger partial charge in [0.1, 0.15) is 11.5 Å². The van der Waals surface area contributed by atoms with E-state index in [1.807, 2.05) is 23.6 Å². The van der Waals surface area contributed by atoms with Crippen LogP contribution in [0.3, 0.4) is 0 Å². The maximum absolute atomic E-state index is 11.9. The molecule has 2 aromatic carbocycles. The zero-order valence-corrected chi connectivity index (χ0v) is 19.6. The van der Waals surface area contributed by atoms with Crippen LogP contribution in [-0.2, 0) is 0 Å². The second kappa shape index (κ2) is 7.42. The highest BCUT2D eigenvalue weighted by atomic mass is 32.1. The number of anilines is 1. The maximum Gasteiger partial charge on any atom is 0.250 e. The highest BCUT2D eigenvalue weighted by Crippen LogP contribution is 2.54. The standard InChI is InChI=1S/C26H24N2O4S/c1-13-12-26(2,3)28-16-6-5-15-22(21(13)16)19(11-20-14(25(27)30)9-10-33-20)32-18-8-7-17(29)24(31-4)23(15)18/h5-12,28-29H,1-4H3,(H2,27,30)/b19-11-. The lowest BCUT2D eigenvalue weighted by atomic mass is 9.83. The fourth-order valence-electron chi connectivity index (χ4n) is 4.70. The summed E-state index contributed by atoms with van der Waals surface area (Å²) in [5, 5.41) is 15.9. The normalized spacial score (nSPS) is 16.6. The van der Waals surface area contributed by atoms with Crippen LogP contribution in [0.25, 0.3) is 28.5 Å². The number of allylic oxidation sites excluding steroid dienone is 1. The van der Waals surface area contributed by atoms with E-state index in [9.17, 15) is 9.90 Å². The summed E-state index contributed by atoms with van der Waals surface area (Å²) in [6.07, 6.45) is 4.04. The Morgan fingerprint density at radius 2 is 1.97 bits per heavy atom. The molecule has 2 aliphatic rings. The van der Waals surface area contributed by atoms with Gasteiger partial charge < -0.3 is 25.6 Å². The summed E-state index contributed by atoms with van der Waals surface area (Å²) in [5.41, 5.74) is 11.3. The van der Waals surface area contributed by atoms with E-state index in [1.165, 1.54) is 18.4 Å². The molecule has 0 aliphatic carbocycles. The molecular formula is C26H24N2O4S. The maximum atomic E-state index is 11.9. The minimum atomic E-state index is -0.485. The molecule has 0 unspecified atom stereocenters. The highest BCUT2D eigenvalue weighted by Gasteiger charge is 2.33. The first kappa shape index (κ1) is 21.2. The summed E-state index contributed by atoms with van der Waals surface area (Å²) < 4.78 is 12.0. The summed E-state index contributed by atoms with van der Waals surface area (Å²) in [5.74, 6) is 1.07. The Hall–Kier alpha value is -3.71. The number of methoxy groups -OCH3 is 1. The number of ether oxygens (including phenoxy) is 2. The van der Waals surface area contributed by atoms with Gasteiger partial charge >= 0.3 is 0 Å². The van der Waals surface area contributed by atoms with Crippen LogP contribution in [0.5, 0.6) is 17.2 Å². The molecule has 3 aromatic rings. The number of phenols is 1. The summed E-state index contributed by atoms with van der Waals surface area (Å²) >= 11 is 1.42. The zero-order valence-electron chi connectivity index (χ0n) is 18.8. The van der Waals surface area contributed by atoms with E-state index in [-0.39, 0.29) is 11.3 Å². The number of nitrogens with one attached hydrogen (secondary N) is 1. The van der Waals surface area contributed by atoms with Gasteiger partial charge in [-0.05, 0) is 62.1 Å². The van der Waals surface area contributed by atoms with Crippen LogP contribution in [0.2, 0.25) is 0 Å². The first-order valence-corrected chi connectivity index (χ1v) is 11.4. The van der Waals surface area contributed by atoms with Crippen molar-refractivity contribution in [1.82, 2.24) is 0 Å². The minimum absolute atomic E-state index is 0.0387. The quantitative estimate of drug-likeness (QED) is 0.464. The number of carbonyl (C=O) groups is 1. The second-order valence-corrected chi connectivity index (χ2v) is 9.70. The number of thiophene rings is 1. The average molecular weight is 461 g/mol. The number of fused-ring (bicyclic) bond motifs is 5. The van der Waals surface area contributed by atoms with Crippen molar-refractivity contribution in [3.63, 3.8) is 0 Å². The van der Waals surface area contributed by atoms with Crippen molar-refractivity contribution in [3.05, 3.63) is 63.4 Å². The third-order valence-corrected chi connectivity index (χ3v) is 6.76. The van der Waals surface area contributed by atoms with Gasteiger partial charge in [0.05, 0.1) is 23.8 Å². The molecular weight excluding hydrogens is 436 g/mol. The molecule has 0 radical (unpaired) electrons. The predicted octanol–water partition coefficient (Wildman–Crippen LogP) is 5.73. The highest BCUT2D eigenvalue weighted by molar-refractivity contribution is 7.11. The van der Waals surface area contributed by atoms with Crippen LogP contribution in [0.4, 0.5) is 5.69 Å². The molecule has 5 rings (SSSR count). The number of aromatic hydroxyl groups is 1. The Kier molecular flexibility index (Phi) is 4.76. The fraction of sp³-hybridized carbons (Fsp3) is 0.192. The number of rotatable bonds is 3. The lowest BCUT2D eigenvalue weighted by Gasteiger charge is -2.35. The number of nitrogens with two attached hydrogens (primary N) is 1. The number of amides is 1. The van der Waals surface area contributed by atoms with Gasteiger partial charge in [-0.1, -0.05) is 12.1 Å². The van der Waals surface area contributed by atoms with E-state index in [0.29, 0.717) is 28.4 Å². The topological polar surface area (TPSA) is 93.8 Å². The van der Waals surface area contributed by atoms with Gasteiger partial charge in [0, 0.05) is 27.3 Å². The zero-order chi connectivity index (χ0) is 23.5. The number of benzene rings is 2. The molecule has 3 heterocycles. The van der Waals surface area contributed by atoms with Crippen LogP contribution in [0, 0.1) is 0 Å². The number of carbonyl (C=O) groups excluding carboxylic acids is 1. The molecule has 0 bridgehead atoms. The van der Waals surface area contributed by atoms with Crippen LogP contribution in [-0.4, -0.2) is 23.7 Å². The van der Waals surface area contributed by atoms with Crippen molar-refractivity contribution in [3.8, 4) is 28.4 Å². The molecule has 0 saturated heterocycles. The van der Waals surface area contributed by atoms with Gasteiger partial charge in [-0.3, -0.25) is 4.79 Å². The third kappa shape index (κ3) is 3.36. The monoisotopic (exact) mass is 460 g/mol. The minimum Gasteiger partial charge on any atom is -0.504 e. The van der Waals surface area contributed by atoms with Crippen LogP contribution >= 0.6 is 11.3 Å². The first-order valence-electron chi connectivity index (χ1n) is 10.5. The van der Waals surface area contributed by atoms with E-state index in [0.717, 1.165) is 32.8 Å². The number of primary amides is 1. The van der Waals surface area contributed by atoms with E-state index < -0.39 is 5.91 Å². The van der Waals surface area contributed by atoms with Crippen molar-refractivity contribution in [2.24, 2.45) is 5.73 Å². The van der Waals surface area contributed by atoms with Crippen LogP contribution in [0.15, 0.2) is 41.8 Å². The Morgan fingerprint density at radius 1 is 1.18 bits per heavy atom. The molecule has 1 aromatic heterocycles. The summed E-state index contributed by atoms with van der Waals surface area (Å²) in [7, 11) is 1.53. The van der Waals surface area contributed by atoms with Crippen molar-refractivity contribution >= 4 is 40.3 Å². The lowest BCUT2D eigenvalue weighted by molar-refractivity contribution is 0.100. The van der Waals surface area contributed by atoms with E-state index in [1.54, 1.807) is 18.2 Å². The average Bonchev–Trinajstić information content (AvgIpc) is 3.21. The Balaban J connectivity index is 1.84. The Bertz CT molecular complexity index is 1380. The first-order chi connectivity index (χ1) is 15.7.